The van der Waals surface area contributed by atoms with E-state index in [1.54, 1.807) is 0 Å². The van der Waals surface area contributed by atoms with Gasteiger partial charge < -0.3 is 5.11 Å². The Morgan fingerprint density at radius 1 is 1.19 bits per heavy atom. The Kier molecular flexibility index (Phi) is 2.74. The minimum Gasteiger partial charge on any atom is -0.385 e. The molecule has 0 atom stereocenters. The van der Waals surface area contributed by atoms with Gasteiger partial charge in [0.25, 0.3) is 0 Å². The Morgan fingerprint density at radius 2 is 1.69 bits per heavy atom. The topological polar surface area (TPSA) is 20.2 Å². The van der Waals surface area contributed by atoms with Crippen molar-refractivity contribution >= 4 is 0 Å². The Morgan fingerprint density at radius 3 is 2.12 bits per heavy atom. The van der Waals surface area contributed by atoms with Crippen LogP contribution in [-0.4, -0.2) is 5.11 Å². The first kappa shape index (κ1) is 11.5. The van der Waals surface area contributed by atoms with Crippen molar-refractivity contribution in [2.45, 2.75) is 32.3 Å². The van der Waals surface area contributed by atoms with Gasteiger partial charge in [0.05, 0.1) is 5.60 Å². The predicted molar refractivity (Wildman–Crippen MR) is 57.8 cm³/mol. The number of halogens is 2. The zero-order chi connectivity index (χ0) is 11.9. The summed E-state index contributed by atoms with van der Waals surface area (Å²) in [5.41, 5.74) is -0.667. The number of rotatable bonds is 2. The highest BCUT2D eigenvalue weighted by Gasteiger charge is 2.45. The van der Waals surface area contributed by atoms with Gasteiger partial charge in [-0.05, 0) is 42.4 Å². The van der Waals surface area contributed by atoms with E-state index in [4.69, 9.17) is 0 Å². The average Bonchev–Trinajstić information content (AvgIpc) is 2.10. The van der Waals surface area contributed by atoms with E-state index in [1.165, 1.54) is 12.1 Å². The molecule has 0 aliphatic heterocycles. The van der Waals surface area contributed by atoms with E-state index >= 15 is 0 Å². The largest absolute Gasteiger partial charge is 0.385 e. The second kappa shape index (κ2) is 3.81. The predicted octanol–water partition coefficient (Wildman–Crippen LogP) is 3.22. The lowest BCUT2D eigenvalue weighted by molar-refractivity contribution is -0.0937. The molecule has 2 rings (SSSR count). The summed E-state index contributed by atoms with van der Waals surface area (Å²) in [6.45, 7) is 4.19. The highest BCUT2D eigenvalue weighted by Crippen LogP contribution is 2.48. The molecular weight excluding hydrogens is 210 g/mol. The van der Waals surface area contributed by atoms with Crippen molar-refractivity contribution in [3.63, 3.8) is 0 Å². The smallest absolute Gasteiger partial charge is 0.126 e. The molecule has 0 spiro atoms. The summed E-state index contributed by atoms with van der Waals surface area (Å²) in [6.07, 6.45) is 1.18. The lowest BCUT2D eigenvalue weighted by Gasteiger charge is -2.46. The maximum atomic E-state index is 13.0. The molecule has 0 heterocycles. The van der Waals surface area contributed by atoms with Gasteiger partial charge in [0.2, 0.25) is 0 Å². The van der Waals surface area contributed by atoms with Crippen LogP contribution in [0.4, 0.5) is 8.78 Å². The van der Waals surface area contributed by atoms with E-state index in [2.05, 4.69) is 13.8 Å². The average molecular weight is 226 g/mol. The Labute approximate surface area is 94.1 Å². The van der Waals surface area contributed by atoms with Gasteiger partial charge in [0.15, 0.2) is 0 Å². The zero-order valence-corrected chi connectivity index (χ0v) is 9.50. The summed E-state index contributed by atoms with van der Waals surface area (Å²) in [7, 11) is 0. The van der Waals surface area contributed by atoms with E-state index in [0.29, 0.717) is 30.2 Å². The number of aliphatic hydroxyl groups is 1. The molecular formula is C13H16F2O. The van der Waals surface area contributed by atoms with Crippen molar-refractivity contribution in [3.05, 3.63) is 35.4 Å². The van der Waals surface area contributed by atoms with E-state index in [0.717, 1.165) is 6.07 Å². The standard InChI is InChI=1S/C13H16F2O/c1-8(2)9-6-13(16,7-9)10-3-11(14)5-12(15)4-10/h3-5,8-9,16H,6-7H2,1-2H3. The van der Waals surface area contributed by atoms with Crippen LogP contribution in [0.2, 0.25) is 0 Å². The van der Waals surface area contributed by atoms with Crippen molar-refractivity contribution in [1.82, 2.24) is 0 Å². The first-order valence-electron chi connectivity index (χ1n) is 5.60. The van der Waals surface area contributed by atoms with Gasteiger partial charge in [-0.25, -0.2) is 8.78 Å². The Bertz CT molecular complexity index is 375. The van der Waals surface area contributed by atoms with E-state index in [9.17, 15) is 13.9 Å². The Hall–Kier alpha value is -0.960. The summed E-state index contributed by atoms with van der Waals surface area (Å²) >= 11 is 0. The second-order valence-corrected chi connectivity index (χ2v) is 5.10. The van der Waals surface area contributed by atoms with Crippen LogP contribution < -0.4 is 0 Å². The molecule has 1 fully saturated rings. The summed E-state index contributed by atoms with van der Waals surface area (Å²) in [5.74, 6) is -0.317. The highest BCUT2D eigenvalue weighted by atomic mass is 19.1. The third kappa shape index (κ3) is 1.96. The van der Waals surface area contributed by atoms with Gasteiger partial charge in [-0.1, -0.05) is 13.8 Å². The second-order valence-electron chi connectivity index (χ2n) is 5.10. The minimum atomic E-state index is -1.03. The molecule has 0 radical (unpaired) electrons. The molecule has 0 amide bonds. The van der Waals surface area contributed by atoms with Crippen LogP contribution in [-0.2, 0) is 5.60 Å². The van der Waals surface area contributed by atoms with Gasteiger partial charge in [-0.2, -0.15) is 0 Å². The molecule has 16 heavy (non-hydrogen) atoms. The first-order chi connectivity index (χ1) is 7.40. The van der Waals surface area contributed by atoms with Gasteiger partial charge in [-0.15, -0.1) is 0 Å². The summed E-state index contributed by atoms with van der Waals surface area (Å²) in [5, 5.41) is 10.2. The van der Waals surface area contributed by atoms with Gasteiger partial charge in [0.1, 0.15) is 11.6 Å². The third-order valence-electron chi connectivity index (χ3n) is 3.54. The van der Waals surface area contributed by atoms with Crippen LogP contribution in [0, 0.1) is 23.5 Å². The minimum absolute atomic E-state index is 0.363. The molecule has 88 valence electrons. The molecule has 0 bridgehead atoms. The van der Waals surface area contributed by atoms with Crippen molar-refractivity contribution in [3.8, 4) is 0 Å². The van der Waals surface area contributed by atoms with Gasteiger partial charge in [-0.3, -0.25) is 0 Å². The highest BCUT2D eigenvalue weighted by molar-refractivity contribution is 5.27. The molecule has 1 N–H and O–H groups in total. The van der Waals surface area contributed by atoms with Crippen molar-refractivity contribution in [1.29, 1.82) is 0 Å². The molecule has 1 saturated carbocycles. The fraction of sp³-hybridized carbons (Fsp3) is 0.538. The van der Waals surface area contributed by atoms with Crippen LogP contribution in [0.1, 0.15) is 32.3 Å². The summed E-state index contributed by atoms with van der Waals surface area (Å²) in [4.78, 5) is 0. The quantitative estimate of drug-likeness (QED) is 0.821. The van der Waals surface area contributed by atoms with E-state index in [1.807, 2.05) is 0 Å². The normalized spacial score (nSPS) is 29.2. The molecule has 1 aromatic carbocycles. The molecule has 0 unspecified atom stereocenters. The van der Waals surface area contributed by atoms with Crippen LogP contribution in [0.3, 0.4) is 0 Å². The lowest BCUT2D eigenvalue weighted by atomic mass is 9.63. The van der Waals surface area contributed by atoms with E-state index < -0.39 is 17.2 Å². The number of hydrogen-bond acceptors (Lipinski definition) is 1. The van der Waals surface area contributed by atoms with Gasteiger partial charge >= 0.3 is 0 Å². The molecule has 1 aromatic rings. The maximum absolute atomic E-state index is 13.0. The van der Waals surface area contributed by atoms with Crippen molar-refractivity contribution < 1.29 is 13.9 Å². The summed E-state index contributed by atoms with van der Waals surface area (Å²) < 4.78 is 26.0. The third-order valence-corrected chi connectivity index (χ3v) is 3.54. The van der Waals surface area contributed by atoms with Crippen LogP contribution in [0.5, 0.6) is 0 Å². The first-order valence-corrected chi connectivity index (χ1v) is 5.60. The maximum Gasteiger partial charge on any atom is 0.126 e. The monoisotopic (exact) mass is 226 g/mol. The fourth-order valence-corrected chi connectivity index (χ4v) is 2.34. The molecule has 3 heteroatoms. The molecule has 0 aromatic heterocycles. The summed E-state index contributed by atoms with van der Waals surface area (Å²) in [6, 6.07) is 3.27. The van der Waals surface area contributed by atoms with Crippen molar-refractivity contribution in [2.75, 3.05) is 0 Å². The molecule has 1 nitrogen and oxygen atoms in total. The molecule has 1 aliphatic carbocycles. The number of hydrogen-bond donors (Lipinski definition) is 1. The van der Waals surface area contributed by atoms with Crippen LogP contribution in [0.25, 0.3) is 0 Å². The van der Waals surface area contributed by atoms with Gasteiger partial charge in [0, 0.05) is 6.07 Å². The van der Waals surface area contributed by atoms with Crippen LogP contribution >= 0.6 is 0 Å². The lowest BCUT2D eigenvalue weighted by Crippen LogP contribution is -2.43. The molecule has 0 saturated heterocycles. The van der Waals surface area contributed by atoms with Crippen LogP contribution in [0.15, 0.2) is 18.2 Å². The molecule has 1 aliphatic rings. The fourth-order valence-electron chi connectivity index (χ4n) is 2.34. The SMILES string of the molecule is CC(C)C1CC(O)(c2cc(F)cc(F)c2)C1. The van der Waals surface area contributed by atoms with Crippen molar-refractivity contribution in [2.24, 2.45) is 11.8 Å². The Balaban J connectivity index is 2.19. The zero-order valence-electron chi connectivity index (χ0n) is 9.50. The number of benzene rings is 1. The van der Waals surface area contributed by atoms with E-state index in [-0.39, 0.29) is 0 Å².